The second kappa shape index (κ2) is 12.3. The summed E-state index contributed by atoms with van der Waals surface area (Å²) in [6.07, 6.45) is 1.77. The summed E-state index contributed by atoms with van der Waals surface area (Å²) in [5, 5.41) is 4.58. The van der Waals surface area contributed by atoms with Crippen LogP contribution in [0.25, 0.3) is 5.65 Å². The van der Waals surface area contributed by atoms with Crippen molar-refractivity contribution >= 4 is 29.5 Å². The predicted octanol–water partition coefficient (Wildman–Crippen LogP) is 6.11. The summed E-state index contributed by atoms with van der Waals surface area (Å²) in [7, 11) is 0. The summed E-state index contributed by atoms with van der Waals surface area (Å²) >= 11 is 0. The van der Waals surface area contributed by atoms with Gasteiger partial charge in [0.25, 0.3) is 0 Å². The zero-order valence-corrected chi connectivity index (χ0v) is 26.7. The van der Waals surface area contributed by atoms with Crippen molar-refractivity contribution in [3.8, 4) is 6.01 Å². The van der Waals surface area contributed by atoms with Crippen molar-refractivity contribution in [2.45, 2.75) is 104 Å². The first-order chi connectivity index (χ1) is 20.0. The molecule has 1 aromatic carbocycles. The van der Waals surface area contributed by atoms with E-state index in [1.54, 1.807) is 37.9 Å². The van der Waals surface area contributed by atoms with Crippen LogP contribution in [0, 0.1) is 0 Å². The number of nitrogens with zero attached hydrogens (tertiary/aromatic N) is 6. The number of amides is 2. The van der Waals surface area contributed by atoms with Crippen molar-refractivity contribution in [3.05, 3.63) is 41.6 Å². The maximum absolute atomic E-state index is 13.9. The van der Waals surface area contributed by atoms with E-state index in [-0.39, 0.29) is 30.1 Å². The molecular formula is C31H45N7O5. The van der Waals surface area contributed by atoms with Gasteiger partial charge in [0.15, 0.2) is 5.65 Å². The van der Waals surface area contributed by atoms with Crippen LogP contribution in [0.4, 0.5) is 21.2 Å². The number of rotatable bonds is 6. The molecule has 1 aliphatic rings. The third kappa shape index (κ3) is 7.66. The van der Waals surface area contributed by atoms with E-state index in [0.29, 0.717) is 30.8 Å². The zero-order chi connectivity index (χ0) is 31.7. The summed E-state index contributed by atoms with van der Waals surface area (Å²) in [5.41, 5.74) is 7.59. The van der Waals surface area contributed by atoms with E-state index >= 15 is 0 Å². The molecule has 0 saturated carbocycles. The molecule has 234 valence electrons. The Morgan fingerprint density at radius 1 is 1.00 bits per heavy atom. The molecule has 0 bridgehead atoms. The van der Waals surface area contributed by atoms with Crippen LogP contribution in [0.5, 0.6) is 6.01 Å². The largest absolute Gasteiger partial charge is 0.458 e. The molecule has 3 heterocycles. The molecule has 0 radical (unpaired) electrons. The normalized spacial score (nSPS) is 16.7. The van der Waals surface area contributed by atoms with Gasteiger partial charge in [-0.25, -0.2) is 14.5 Å². The Morgan fingerprint density at radius 3 is 2.30 bits per heavy atom. The highest BCUT2D eigenvalue weighted by molar-refractivity contribution is 5.87. The van der Waals surface area contributed by atoms with Crippen LogP contribution in [0.1, 0.15) is 98.2 Å². The van der Waals surface area contributed by atoms with Gasteiger partial charge >= 0.3 is 18.2 Å². The molecule has 2 amide bonds. The highest BCUT2D eigenvalue weighted by atomic mass is 16.6. The smallest absolute Gasteiger partial charge is 0.417 e. The van der Waals surface area contributed by atoms with Gasteiger partial charge in [-0.1, -0.05) is 32.0 Å². The van der Waals surface area contributed by atoms with Crippen molar-refractivity contribution in [1.29, 1.82) is 0 Å². The minimum atomic E-state index is -0.775. The first-order valence-electron chi connectivity index (χ1n) is 14.8. The molecular weight excluding hydrogens is 550 g/mol. The average molecular weight is 596 g/mol. The number of carbonyl (C=O) groups is 2. The molecule has 1 saturated heterocycles. The molecule has 2 N–H and O–H groups in total. The van der Waals surface area contributed by atoms with Crippen LogP contribution in [0.3, 0.4) is 0 Å². The summed E-state index contributed by atoms with van der Waals surface area (Å²) in [6.45, 7) is 17.8. The number of nitrogen functional groups attached to an aromatic ring is 1. The molecule has 2 aromatic heterocycles. The van der Waals surface area contributed by atoms with Gasteiger partial charge in [-0.15, -0.1) is 0 Å². The average Bonchev–Trinajstić information content (AvgIpc) is 3.31. The zero-order valence-electron chi connectivity index (χ0n) is 26.7. The van der Waals surface area contributed by atoms with Crippen molar-refractivity contribution in [1.82, 2.24) is 24.5 Å². The number of para-hydroxylation sites is 1. The number of benzene rings is 1. The third-order valence-corrected chi connectivity index (χ3v) is 6.92. The molecule has 1 fully saturated rings. The lowest BCUT2D eigenvalue weighted by atomic mass is 10.1. The molecule has 1 aliphatic heterocycles. The molecule has 43 heavy (non-hydrogen) atoms. The Kier molecular flexibility index (Phi) is 9.08. The van der Waals surface area contributed by atoms with Gasteiger partial charge in [0, 0.05) is 17.8 Å². The van der Waals surface area contributed by atoms with Crippen LogP contribution >= 0.6 is 0 Å². The first kappa shape index (κ1) is 31.8. The molecule has 3 aromatic rings. The molecule has 12 heteroatoms. The van der Waals surface area contributed by atoms with Crippen LogP contribution in [-0.4, -0.2) is 67.1 Å². The van der Waals surface area contributed by atoms with Crippen molar-refractivity contribution in [2.24, 2.45) is 0 Å². The molecule has 0 spiro atoms. The van der Waals surface area contributed by atoms with Gasteiger partial charge in [0.2, 0.25) is 5.95 Å². The van der Waals surface area contributed by atoms with E-state index in [1.165, 1.54) is 9.42 Å². The Hall–Kier alpha value is -4.09. The SMILES string of the molecule is CC(C)c1cnn2c(N(C(=O)OC(C)(C)C)C(C)c3ccccc3N)nc(O[C@@H]3CCCN(C(=O)OC(C)(C)C)C3)nc12. The molecule has 12 nitrogen and oxygen atoms in total. The number of nitrogens with two attached hydrogens (primary N) is 1. The summed E-state index contributed by atoms with van der Waals surface area (Å²) in [6, 6.07) is 6.85. The van der Waals surface area contributed by atoms with Crippen molar-refractivity contribution in [3.63, 3.8) is 0 Å². The summed E-state index contributed by atoms with van der Waals surface area (Å²) in [4.78, 5) is 39.2. The summed E-state index contributed by atoms with van der Waals surface area (Å²) < 4.78 is 19.3. The number of ether oxygens (including phenoxy) is 3. The predicted molar refractivity (Wildman–Crippen MR) is 164 cm³/mol. The molecule has 0 aliphatic carbocycles. The van der Waals surface area contributed by atoms with Crippen LogP contribution < -0.4 is 15.4 Å². The number of hydrogen-bond donors (Lipinski definition) is 1. The fourth-order valence-corrected chi connectivity index (χ4v) is 4.91. The maximum Gasteiger partial charge on any atom is 0.417 e. The van der Waals surface area contributed by atoms with E-state index in [0.717, 1.165) is 17.5 Å². The fraction of sp³-hybridized carbons (Fsp3) is 0.581. The highest BCUT2D eigenvalue weighted by Crippen LogP contribution is 2.33. The lowest BCUT2D eigenvalue weighted by molar-refractivity contribution is 0.00656. The summed E-state index contributed by atoms with van der Waals surface area (Å²) in [5.74, 6) is 0.263. The number of fused-ring (bicyclic) bond motifs is 1. The number of aromatic nitrogens is 4. The van der Waals surface area contributed by atoms with E-state index in [1.807, 2.05) is 59.7 Å². The van der Waals surface area contributed by atoms with Crippen molar-refractivity contribution in [2.75, 3.05) is 23.7 Å². The van der Waals surface area contributed by atoms with Gasteiger partial charge in [-0.3, -0.25) is 0 Å². The first-order valence-corrected chi connectivity index (χ1v) is 14.8. The Balaban J connectivity index is 1.78. The van der Waals surface area contributed by atoms with Crippen LogP contribution in [-0.2, 0) is 9.47 Å². The fourth-order valence-electron chi connectivity index (χ4n) is 4.91. The topological polar surface area (TPSA) is 137 Å². The number of likely N-dealkylation sites (tertiary alicyclic amines) is 1. The van der Waals surface area contributed by atoms with E-state index in [9.17, 15) is 9.59 Å². The number of carbonyl (C=O) groups excluding carboxylic acids is 2. The lowest BCUT2D eigenvalue weighted by Crippen LogP contribution is -2.46. The Bertz CT molecular complexity index is 1460. The second-order valence-corrected chi connectivity index (χ2v) is 13.3. The Labute approximate surface area is 253 Å². The van der Waals surface area contributed by atoms with Gasteiger partial charge in [-0.2, -0.15) is 19.6 Å². The lowest BCUT2D eigenvalue weighted by Gasteiger charge is -2.34. The van der Waals surface area contributed by atoms with E-state index < -0.39 is 23.3 Å². The monoisotopic (exact) mass is 595 g/mol. The third-order valence-electron chi connectivity index (χ3n) is 6.92. The number of piperidine rings is 1. The Morgan fingerprint density at radius 2 is 1.67 bits per heavy atom. The van der Waals surface area contributed by atoms with Gasteiger partial charge in [-0.05, 0) is 78.9 Å². The van der Waals surface area contributed by atoms with Gasteiger partial charge in [0.1, 0.15) is 17.3 Å². The van der Waals surface area contributed by atoms with Gasteiger partial charge in [0.05, 0.1) is 18.8 Å². The van der Waals surface area contributed by atoms with Gasteiger partial charge < -0.3 is 24.8 Å². The second-order valence-electron chi connectivity index (χ2n) is 13.3. The van der Waals surface area contributed by atoms with E-state index in [4.69, 9.17) is 29.9 Å². The maximum atomic E-state index is 13.9. The van der Waals surface area contributed by atoms with Crippen LogP contribution in [0.2, 0.25) is 0 Å². The molecule has 4 rings (SSSR count). The van der Waals surface area contributed by atoms with E-state index in [2.05, 4.69) is 5.10 Å². The minimum absolute atomic E-state index is 0.0720. The standard InChI is InChI=1S/C31H45N7O5/c1-19(2)23-17-33-38-25(23)34-26(41-21-13-12-16-36(18-21)28(39)42-30(4,5)6)35-27(38)37(29(40)43-31(7,8)9)20(3)22-14-10-11-15-24(22)32/h10-11,14-15,17,19-21H,12-13,16,18,32H2,1-9H3/t20?,21-/m1/s1. The molecule has 2 atom stereocenters. The van der Waals surface area contributed by atoms with Crippen LogP contribution in [0.15, 0.2) is 30.5 Å². The molecule has 1 unspecified atom stereocenters. The highest BCUT2D eigenvalue weighted by Gasteiger charge is 2.35. The number of hydrogen-bond acceptors (Lipinski definition) is 9. The minimum Gasteiger partial charge on any atom is -0.458 e. The number of anilines is 2. The van der Waals surface area contributed by atoms with Crippen molar-refractivity contribution < 1.29 is 23.8 Å². The quantitative estimate of drug-likeness (QED) is 0.335.